The first-order valence-corrected chi connectivity index (χ1v) is 10.3. The van der Waals surface area contributed by atoms with E-state index < -0.39 is 0 Å². The maximum atomic E-state index is 12.4. The summed E-state index contributed by atoms with van der Waals surface area (Å²) in [5.74, 6) is 4.35. The van der Waals surface area contributed by atoms with Crippen molar-refractivity contribution < 1.29 is 9.53 Å². The molecule has 0 atom stereocenters. The number of ether oxygens (including phenoxy) is 1. The van der Waals surface area contributed by atoms with Gasteiger partial charge in [-0.2, -0.15) is 0 Å². The Morgan fingerprint density at radius 2 is 2.03 bits per heavy atom. The smallest absolute Gasteiger partial charge is 0.321 e. The van der Waals surface area contributed by atoms with Gasteiger partial charge in [-0.25, -0.2) is 9.78 Å². The summed E-state index contributed by atoms with van der Waals surface area (Å²) in [6.07, 6.45) is 13.2. The third-order valence-corrected chi connectivity index (χ3v) is 5.36. The molecule has 156 valence electrons. The minimum atomic E-state index is -0.0646. The molecule has 6 nitrogen and oxygen atoms in total. The van der Waals surface area contributed by atoms with Crippen molar-refractivity contribution in [2.45, 2.75) is 19.3 Å². The number of nitrogens with zero attached hydrogens (tertiary/aromatic N) is 3. The number of carbonyl (C=O) groups is 1. The van der Waals surface area contributed by atoms with Gasteiger partial charge in [0.15, 0.2) is 0 Å². The number of rotatable bonds is 5. The summed E-state index contributed by atoms with van der Waals surface area (Å²) >= 11 is 0. The van der Waals surface area contributed by atoms with E-state index in [1.165, 1.54) is 5.56 Å². The molecule has 0 unspecified atom stereocenters. The molecule has 1 aromatic carbocycles. The van der Waals surface area contributed by atoms with Crippen LogP contribution in [0.2, 0.25) is 0 Å². The van der Waals surface area contributed by atoms with Gasteiger partial charge in [0.1, 0.15) is 5.75 Å². The fourth-order valence-corrected chi connectivity index (χ4v) is 3.70. The maximum Gasteiger partial charge on any atom is 0.321 e. The topological polar surface area (TPSA) is 67.3 Å². The number of terminal acetylenes is 1. The van der Waals surface area contributed by atoms with E-state index in [9.17, 15) is 4.79 Å². The number of likely N-dealkylation sites (tertiary alicyclic amines) is 1. The first-order valence-electron chi connectivity index (χ1n) is 10.3. The molecule has 0 saturated carbocycles. The highest BCUT2D eigenvalue weighted by molar-refractivity contribution is 5.89. The van der Waals surface area contributed by atoms with Gasteiger partial charge in [0.25, 0.3) is 0 Å². The molecule has 31 heavy (non-hydrogen) atoms. The quantitative estimate of drug-likeness (QED) is 0.615. The zero-order chi connectivity index (χ0) is 21.5. The lowest BCUT2D eigenvalue weighted by Crippen LogP contribution is -2.41. The van der Waals surface area contributed by atoms with E-state index in [-0.39, 0.29) is 6.03 Å². The second-order valence-electron chi connectivity index (χ2n) is 7.59. The standard InChI is InChI=1S/C25H24N4O2/c1-2-19-8-9-24(27-17-19)31-23-7-3-5-21(16-23)15-20-10-13-29(14-11-20)25(30)28-22-6-4-12-26-18-22/h1,3-9,12,16-18,20H,10-11,13-15H2,(H,28,30). The van der Waals surface area contributed by atoms with Crippen molar-refractivity contribution in [3.8, 4) is 24.0 Å². The van der Waals surface area contributed by atoms with Gasteiger partial charge in [0.2, 0.25) is 5.88 Å². The van der Waals surface area contributed by atoms with Crippen molar-refractivity contribution in [1.82, 2.24) is 14.9 Å². The zero-order valence-electron chi connectivity index (χ0n) is 17.2. The molecule has 1 saturated heterocycles. The Hall–Kier alpha value is -3.85. The molecule has 2 amide bonds. The summed E-state index contributed by atoms with van der Waals surface area (Å²) in [6, 6.07) is 15.3. The second-order valence-corrected chi connectivity index (χ2v) is 7.59. The number of pyridine rings is 2. The molecule has 1 fully saturated rings. The van der Waals surface area contributed by atoms with Crippen LogP contribution in [0.15, 0.2) is 67.1 Å². The molecule has 1 N–H and O–H groups in total. The van der Waals surface area contributed by atoms with E-state index in [2.05, 4.69) is 33.3 Å². The van der Waals surface area contributed by atoms with Crippen molar-refractivity contribution in [3.05, 3.63) is 78.2 Å². The largest absolute Gasteiger partial charge is 0.439 e. The Labute approximate surface area is 182 Å². The van der Waals surface area contributed by atoms with Crippen LogP contribution in [0, 0.1) is 18.3 Å². The van der Waals surface area contributed by atoms with E-state index >= 15 is 0 Å². The summed E-state index contributed by atoms with van der Waals surface area (Å²) in [4.78, 5) is 22.6. The summed E-state index contributed by atoms with van der Waals surface area (Å²) in [6.45, 7) is 1.50. The van der Waals surface area contributed by atoms with Crippen LogP contribution in [0.4, 0.5) is 10.5 Å². The van der Waals surface area contributed by atoms with Gasteiger partial charge in [-0.05, 0) is 61.1 Å². The number of aromatic nitrogens is 2. The number of nitrogens with one attached hydrogen (secondary N) is 1. The molecule has 3 heterocycles. The predicted molar refractivity (Wildman–Crippen MR) is 120 cm³/mol. The van der Waals surface area contributed by atoms with Crippen molar-refractivity contribution in [2.75, 3.05) is 18.4 Å². The Balaban J connectivity index is 1.29. The number of amides is 2. The molecule has 0 aliphatic carbocycles. The molecule has 0 bridgehead atoms. The number of urea groups is 1. The SMILES string of the molecule is C#Cc1ccc(Oc2cccc(CC3CCN(C(=O)Nc4cccnc4)CC3)c2)nc1. The summed E-state index contributed by atoms with van der Waals surface area (Å²) in [7, 11) is 0. The van der Waals surface area contributed by atoms with Crippen molar-refractivity contribution in [2.24, 2.45) is 5.92 Å². The fourth-order valence-electron chi connectivity index (χ4n) is 3.70. The predicted octanol–water partition coefficient (Wildman–Crippen LogP) is 4.74. The molecule has 2 aromatic heterocycles. The lowest BCUT2D eigenvalue weighted by atomic mass is 9.90. The highest BCUT2D eigenvalue weighted by Crippen LogP contribution is 2.26. The number of anilines is 1. The average molecular weight is 412 g/mol. The van der Waals surface area contributed by atoms with Crippen LogP contribution >= 0.6 is 0 Å². The normalized spacial score (nSPS) is 14.0. The van der Waals surface area contributed by atoms with Crippen LogP contribution in [0.5, 0.6) is 11.6 Å². The molecule has 3 aromatic rings. The van der Waals surface area contributed by atoms with E-state index in [4.69, 9.17) is 11.2 Å². The van der Waals surface area contributed by atoms with Crippen molar-refractivity contribution >= 4 is 11.7 Å². The summed E-state index contributed by atoms with van der Waals surface area (Å²) < 4.78 is 5.87. The van der Waals surface area contributed by atoms with Crippen LogP contribution in [-0.2, 0) is 6.42 Å². The van der Waals surface area contributed by atoms with Crippen LogP contribution in [-0.4, -0.2) is 34.0 Å². The first kappa shape index (κ1) is 20.4. The van der Waals surface area contributed by atoms with Crippen LogP contribution in [0.3, 0.4) is 0 Å². The minimum absolute atomic E-state index is 0.0646. The average Bonchev–Trinajstić information content (AvgIpc) is 2.81. The van der Waals surface area contributed by atoms with Gasteiger partial charge in [-0.3, -0.25) is 4.98 Å². The van der Waals surface area contributed by atoms with E-state index in [1.54, 1.807) is 24.7 Å². The fraction of sp³-hybridized carbons (Fsp3) is 0.240. The van der Waals surface area contributed by atoms with Gasteiger partial charge >= 0.3 is 6.03 Å². The number of benzene rings is 1. The van der Waals surface area contributed by atoms with Crippen molar-refractivity contribution in [3.63, 3.8) is 0 Å². The molecular formula is C25H24N4O2. The van der Waals surface area contributed by atoms with Gasteiger partial charge in [0.05, 0.1) is 11.9 Å². The zero-order valence-corrected chi connectivity index (χ0v) is 17.2. The molecule has 0 radical (unpaired) electrons. The molecule has 0 spiro atoms. The van der Waals surface area contributed by atoms with E-state index in [1.807, 2.05) is 35.2 Å². The number of hydrogen-bond acceptors (Lipinski definition) is 4. The van der Waals surface area contributed by atoms with Crippen LogP contribution in [0.25, 0.3) is 0 Å². The van der Waals surface area contributed by atoms with Gasteiger partial charge in [-0.15, -0.1) is 6.42 Å². The third-order valence-electron chi connectivity index (χ3n) is 5.36. The summed E-state index contributed by atoms with van der Waals surface area (Å²) in [5, 5.41) is 2.91. The highest BCUT2D eigenvalue weighted by atomic mass is 16.5. The third kappa shape index (κ3) is 5.61. The maximum absolute atomic E-state index is 12.4. The van der Waals surface area contributed by atoms with Crippen LogP contribution < -0.4 is 10.1 Å². The van der Waals surface area contributed by atoms with Gasteiger partial charge in [-0.1, -0.05) is 18.1 Å². The van der Waals surface area contributed by atoms with E-state index in [0.717, 1.165) is 49.4 Å². The Kier molecular flexibility index (Phi) is 6.44. The highest BCUT2D eigenvalue weighted by Gasteiger charge is 2.23. The summed E-state index contributed by atoms with van der Waals surface area (Å²) in [5.41, 5.74) is 2.66. The van der Waals surface area contributed by atoms with Gasteiger partial charge < -0.3 is 15.0 Å². The number of hydrogen-bond donors (Lipinski definition) is 1. The minimum Gasteiger partial charge on any atom is -0.439 e. The Morgan fingerprint density at radius 3 is 2.74 bits per heavy atom. The Morgan fingerprint density at radius 1 is 1.16 bits per heavy atom. The number of piperidine rings is 1. The first-order chi connectivity index (χ1) is 15.2. The lowest BCUT2D eigenvalue weighted by Gasteiger charge is -2.32. The number of carbonyl (C=O) groups excluding carboxylic acids is 1. The molecule has 4 rings (SSSR count). The molecule has 1 aliphatic rings. The van der Waals surface area contributed by atoms with Crippen LogP contribution in [0.1, 0.15) is 24.0 Å². The van der Waals surface area contributed by atoms with E-state index in [0.29, 0.717) is 11.8 Å². The molecular weight excluding hydrogens is 388 g/mol. The lowest BCUT2D eigenvalue weighted by molar-refractivity contribution is 0.182. The second kappa shape index (κ2) is 9.77. The molecule has 1 aliphatic heterocycles. The Bertz CT molecular complexity index is 1050. The van der Waals surface area contributed by atoms with Crippen molar-refractivity contribution in [1.29, 1.82) is 0 Å². The molecule has 6 heteroatoms. The van der Waals surface area contributed by atoms with Gasteiger partial charge in [0, 0.05) is 37.1 Å². The monoisotopic (exact) mass is 412 g/mol.